The Balaban J connectivity index is 2.80. The second kappa shape index (κ2) is 4.21. The third-order valence-corrected chi connectivity index (χ3v) is 3.49. The van der Waals surface area contributed by atoms with Crippen LogP contribution in [-0.2, 0) is 0 Å². The van der Waals surface area contributed by atoms with Crippen LogP contribution in [0, 0.1) is 27.7 Å². The first-order valence-electron chi connectivity index (χ1n) is 5.79. The topological polar surface area (TPSA) is 38.9 Å². The van der Waals surface area contributed by atoms with Crippen molar-refractivity contribution in [1.82, 2.24) is 4.98 Å². The molecule has 0 saturated heterocycles. The van der Waals surface area contributed by atoms with E-state index < -0.39 is 0 Å². The van der Waals surface area contributed by atoms with Gasteiger partial charge in [-0.2, -0.15) is 0 Å². The zero-order chi connectivity index (χ0) is 12.6. The Morgan fingerprint density at radius 1 is 1.00 bits per heavy atom. The molecule has 1 aromatic carbocycles. The molecule has 0 aliphatic carbocycles. The molecule has 17 heavy (non-hydrogen) atoms. The van der Waals surface area contributed by atoms with E-state index >= 15 is 0 Å². The normalized spacial score (nSPS) is 10.6. The first kappa shape index (κ1) is 11.6. The molecular weight excluding hydrogens is 208 g/mol. The Morgan fingerprint density at radius 2 is 1.59 bits per heavy atom. The fourth-order valence-corrected chi connectivity index (χ4v) is 2.26. The van der Waals surface area contributed by atoms with E-state index in [1.807, 2.05) is 6.07 Å². The number of aryl methyl sites for hydroxylation is 2. The Labute approximate surface area is 103 Å². The number of nitrogen functional groups attached to an aromatic ring is 1. The van der Waals surface area contributed by atoms with Crippen LogP contribution < -0.4 is 5.73 Å². The van der Waals surface area contributed by atoms with Crippen molar-refractivity contribution in [2.45, 2.75) is 27.7 Å². The number of rotatable bonds is 1. The molecule has 0 radical (unpaired) electrons. The number of hydrogen-bond donors (Lipinski definition) is 1. The fourth-order valence-electron chi connectivity index (χ4n) is 2.26. The minimum Gasteiger partial charge on any atom is -0.397 e. The summed E-state index contributed by atoms with van der Waals surface area (Å²) in [6, 6.07) is 4.22. The Kier molecular flexibility index (Phi) is 2.88. The Hall–Kier alpha value is -1.83. The second-order valence-corrected chi connectivity index (χ2v) is 4.60. The first-order chi connectivity index (χ1) is 8.02. The number of anilines is 1. The zero-order valence-electron chi connectivity index (χ0n) is 10.8. The molecule has 0 aliphatic rings. The van der Waals surface area contributed by atoms with Gasteiger partial charge >= 0.3 is 0 Å². The molecule has 0 aliphatic heterocycles. The molecular formula is C15H18N2. The third-order valence-electron chi connectivity index (χ3n) is 3.49. The van der Waals surface area contributed by atoms with Gasteiger partial charge in [0, 0.05) is 11.8 Å². The predicted octanol–water partition coefficient (Wildman–Crippen LogP) is 3.56. The van der Waals surface area contributed by atoms with Gasteiger partial charge in [-0.3, -0.25) is 4.98 Å². The minimum absolute atomic E-state index is 0.740. The number of aromatic nitrogens is 1. The molecule has 2 N–H and O–H groups in total. The van der Waals surface area contributed by atoms with Gasteiger partial charge < -0.3 is 5.73 Å². The molecule has 1 aromatic heterocycles. The molecule has 0 atom stereocenters. The van der Waals surface area contributed by atoms with E-state index in [4.69, 9.17) is 5.73 Å². The van der Waals surface area contributed by atoms with E-state index in [-0.39, 0.29) is 0 Å². The maximum atomic E-state index is 6.03. The molecule has 0 spiro atoms. The lowest BCUT2D eigenvalue weighted by Gasteiger charge is -2.16. The number of nitrogens with zero attached hydrogens (tertiary/aromatic N) is 1. The van der Waals surface area contributed by atoms with E-state index in [1.165, 1.54) is 27.8 Å². The van der Waals surface area contributed by atoms with E-state index in [1.54, 1.807) is 12.4 Å². The lowest BCUT2D eigenvalue weighted by Crippen LogP contribution is -1.98. The van der Waals surface area contributed by atoms with Crippen LogP contribution >= 0.6 is 0 Å². The number of pyridine rings is 1. The molecule has 0 unspecified atom stereocenters. The third kappa shape index (κ3) is 1.91. The average Bonchev–Trinajstić information content (AvgIpc) is 2.29. The summed E-state index contributed by atoms with van der Waals surface area (Å²) in [5, 5.41) is 0. The molecule has 2 aromatic rings. The largest absolute Gasteiger partial charge is 0.397 e. The SMILES string of the molecule is Cc1cc(C)c(C)c(-c2ccncc2N)c1C. The van der Waals surface area contributed by atoms with Crippen molar-refractivity contribution < 1.29 is 0 Å². The maximum Gasteiger partial charge on any atom is 0.0580 e. The molecule has 0 bridgehead atoms. The summed E-state index contributed by atoms with van der Waals surface area (Å²) in [6.45, 7) is 8.58. The van der Waals surface area contributed by atoms with Crippen molar-refractivity contribution in [1.29, 1.82) is 0 Å². The van der Waals surface area contributed by atoms with Crippen LogP contribution in [0.1, 0.15) is 22.3 Å². The van der Waals surface area contributed by atoms with E-state index in [9.17, 15) is 0 Å². The van der Waals surface area contributed by atoms with Crippen LogP contribution in [0.2, 0.25) is 0 Å². The van der Waals surface area contributed by atoms with Crippen LogP contribution in [0.5, 0.6) is 0 Å². The quantitative estimate of drug-likeness (QED) is 0.807. The van der Waals surface area contributed by atoms with Crippen LogP contribution in [0.3, 0.4) is 0 Å². The van der Waals surface area contributed by atoms with Gasteiger partial charge in [0.1, 0.15) is 0 Å². The Bertz CT molecular complexity index is 545. The van der Waals surface area contributed by atoms with Gasteiger partial charge in [-0.15, -0.1) is 0 Å². The molecule has 0 fully saturated rings. The van der Waals surface area contributed by atoms with Gasteiger partial charge in [-0.25, -0.2) is 0 Å². The lowest BCUT2D eigenvalue weighted by molar-refractivity contribution is 1.24. The highest BCUT2D eigenvalue weighted by Crippen LogP contribution is 2.34. The van der Waals surface area contributed by atoms with Crippen LogP contribution in [0.15, 0.2) is 24.5 Å². The molecule has 1 heterocycles. The van der Waals surface area contributed by atoms with Crippen molar-refractivity contribution in [3.8, 4) is 11.1 Å². The summed E-state index contributed by atoms with van der Waals surface area (Å²) in [7, 11) is 0. The van der Waals surface area contributed by atoms with Crippen molar-refractivity contribution in [3.63, 3.8) is 0 Å². The summed E-state index contributed by atoms with van der Waals surface area (Å²) in [5.74, 6) is 0. The highest BCUT2D eigenvalue weighted by atomic mass is 14.7. The van der Waals surface area contributed by atoms with Gasteiger partial charge in [0.2, 0.25) is 0 Å². The van der Waals surface area contributed by atoms with E-state index in [0.29, 0.717) is 0 Å². The standard InChI is InChI=1S/C15H18N2/c1-9-7-10(2)12(4)15(11(9)3)13-5-6-17-8-14(13)16/h5-8H,16H2,1-4H3. The predicted molar refractivity (Wildman–Crippen MR) is 73.0 cm³/mol. The summed E-state index contributed by atoms with van der Waals surface area (Å²) in [4.78, 5) is 4.05. The Morgan fingerprint density at radius 3 is 2.12 bits per heavy atom. The molecule has 2 heteroatoms. The summed E-state index contributed by atoms with van der Waals surface area (Å²) in [5.41, 5.74) is 14.3. The molecule has 0 amide bonds. The smallest absolute Gasteiger partial charge is 0.0580 e. The van der Waals surface area contributed by atoms with Crippen LogP contribution in [0.25, 0.3) is 11.1 Å². The number of nitrogens with two attached hydrogens (primary N) is 1. The summed E-state index contributed by atoms with van der Waals surface area (Å²) in [6.07, 6.45) is 3.51. The second-order valence-electron chi connectivity index (χ2n) is 4.60. The molecule has 88 valence electrons. The summed E-state index contributed by atoms with van der Waals surface area (Å²) >= 11 is 0. The van der Waals surface area contributed by atoms with Gasteiger partial charge in [-0.1, -0.05) is 6.07 Å². The minimum atomic E-state index is 0.740. The lowest BCUT2D eigenvalue weighted by atomic mass is 9.89. The van der Waals surface area contributed by atoms with E-state index in [2.05, 4.69) is 38.7 Å². The van der Waals surface area contributed by atoms with Crippen molar-refractivity contribution >= 4 is 5.69 Å². The van der Waals surface area contributed by atoms with E-state index in [0.717, 1.165) is 11.3 Å². The monoisotopic (exact) mass is 226 g/mol. The van der Waals surface area contributed by atoms with Crippen LogP contribution in [-0.4, -0.2) is 4.98 Å². The first-order valence-corrected chi connectivity index (χ1v) is 5.79. The van der Waals surface area contributed by atoms with Crippen LogP contribution in [0.4, 0.5) is 5.69 Å². The number of benzene rings is 1. The molecule has 0 saturated carbocycles. The van der Waals surface area contributed by atoms with Crippen molar-refractivity contribution in [3.05, 3.63) is 46.8 Å². The summed E-state index contributed by atoms with van der Waals surface area (Å²) < 4.78 is 0. The molecule has 2 rings (SSSR count). The number of hydrogen-bond acceptors (Lipinski definition) is 2. The highest BCUT2D eigenvalue weighted by molar-refractivity contribution is 5.81. The van der Waals surface area contributed by atoms with Gasteiger partial charge in [0.15, 0.2) is 0 Å². The van der Waals surface area contributed by atoms with Gasteiger partial charge in [-0.05, 0) is 61.6 Å². The fraction of sp³-hybridized carbons (Fsp3) is 0.267. The molecule has 2 nitrogen and oxygen atoms in total. The zero-order valence-corrected chi connectivity index (χ0v) is 10.8. The van der Waals surface area contributed by atoms with Gasteiger partial charge in [0.05, 0.1) is 11.9 Å². The highest BCUT2D eigenvalue weighted by Gasteiger charge is 2.12. The maximum absolute atomic E-state index is 6.03. The van der Waals surface area contributed by atoms with Gasteiger partial charge in [0.25, 0.3) is 0 Å². The average molecular weight is 226 g/mol. The van der Waals surface area contributed by atoms with Crippen molar-refractivity contribution in [2.75, 3.05) is 5.73 Å². The van der Waals surface area contributed by atoms with Crippen molar-refractivity contribution in [2.24, 2.45) is 0 Å².